The van der Waals surface area contributed by atoms with Gasteiger partial charge in [0.05, 0.1) is 33.6 Å². The zero-order valence-electron chi connectivity index (χ0n) is 23.1. The number of aromatic nitrogens is 6. The summed E-state index contributed by atoms with van der Waals surface area (Å²) in [4.78, 5) is 32.9. The van der Waals surface area contributed by atoms with Crippen LogP contribution in [0, 0.1) is 18.3 Å². The summed E-state index contributed by atoms with van der Waals surface area (Å²) in [5, 5.41) is 29.2. The average Bonchev–Trinajstić information content (AvgIpc) is 3.52. The first-order chi connectivity index (χ1) is 19.9. The number of benzene rings is 2. The van der Waals surface area contributed by atoms with E-state index in [-0.39, 0.29) is 34.3 Å². The molecule has 3 aromatic heterocycles. The van der Waals surface area contributed by atoms with Gasteiger partial charge in [-0.25, -0.2) is 9.67 Å². The molecule has 2 aromatic carbocycles. The zero-order valence-corrected chi connectivity index (χ0v) is 25.4. The molecule has 0 saturated heterocycles. The Balaban J connectivity index is 1.55. The number of rotatable bonds is 6. The Bertz CT molecular complexity index is 1900. The molecule has 13 heteroatoms. The molecule has 2 N–H and O–H groups in total. The van der Waals surface area contributed by atoms with E-state index in [4.69, 9.17) is 11.6 Å². The molecule has 0 aliphatic carbocycles. The maximum atomic E-state index is 13.8. The van der Waals surface area contributed by atoms with Crippen LogP contribution in [0.15, 0.2) is 59.2 Å². The van der Waals surface area contributed by atoms with E-state index in [9.17, 15) is 14.9 Å². The number of amides is 2. The van der Waals surface area contributed by atoms with Gasteiger partial charge >= 0.3 is 0 Å². The Hall–Kier alpha value is -4.60. The van der Waals surface area contributed by atoms with Crippen LogP contribution in [0.2, 0.25) is 5.02 Å². The molecule has 0 fully saturated rings. The quantitative estimate of drug-likeness (QED) is 0.250. The number of hydrogen-bond donors (Lipinski definition) is 2. The fourth-order valence-corrected chi connectivity index (χ4v) is 4.84. The van der Waals surface area contributed by atoms with Crippen molar-refractivity contribution in [2.24, 2.45) is 0 Å². The molecule has 0 aliphatic heterocycles. The van der Waals surface area contributed by atoms with E-state index in [1.54, 1.807) is 37.4 Å². The second kappa shape index (κ2) is 11.3. The van der Waals surface area contributed by atoms with Gasteiger partial charge in [0.1, 0.15) is 23.3 Å². The fourth-order valence-electron chi connectivity index (χ4n) is 4.29. The number of hydrogen-bond acceptors (Lipinski definition) is 7. The van der Waals surface area contributed by atoms with E-state index in [2.05, 4.69) is 52.9 Å². The minimum atomic E-state index is -0.560. The van der Waals surface area contributed by atoms with E-state index in [1.807, 2.05) is 39.0 Å². The number of carbonyl (C=O) groups excluding carboxylic acids is 2. The summed E-state index contributed by atoms with van der Waals surface area (Å²) in [6.45, 7) is 7.42. The third kappa shape index (κ3) is 6.17. The molecule has 0 bridgehead atoms. The Morgan fingerprint density at radius 2 is 1.81 bits per heavy atom. The van der Waals surface area contributed by atoms with Crippen molar-refractivity contribution in [1.82, 2.24) is 35.1 Å². The molecule has 0 radical (unpaired) electrons. The van der Waals surface area contributed by atoms with Crippen molar-refractivity contribution in [2.45, 2.75) is 39.8 Å². The van der Waals surface area contributed by atoms with E-state index in [1.165, 1.54) is 15.5 Å². The van der Waals surface area contributed by atoms with Crippen LogP contribution in [-0.2, 0) is 6.54 Å². The molecule has 0 spiro atoms. The summed E-state index contributed by atoms with van der Waals surface area (Å²) in [5.41, 5.74) is 2.74. The highest BCUT2D eigenvalue weighted by atomic mass is 79.9. The molecule has 212 valence electrons. The summed E-state index contributed by atoms with van der Waals surface area (Å²) in [5.74, 6) is -0.737. The van der Waals surface area contributed by atoms with E-state index in [0.29, 0.717) is 27.9 Å². The number of aryl methyl sites for hydroxylation is 1. The van der Waals surface area contributed by atoms with Gasteiger partial charge in [-0.1, -0.05) is 27.5 Å². The minimum absolute atomic E-state index is 0.121. The van der Waals surface area contributed by atoms with Crippen molar-refractivity contribution >= 4 is 56.1 Å². The third-order valence-electron chi connectivity index (χ3n) is 6.06. The topological polar surface area (TPSA) is 143 Å². The highest BCUT2D eigenvalue weighted by Gasteiger charge is 2.25. The van der Waals surface area contributed by atoms with E-state index < -0.39 is 17.4 Å². The summed E-state index contributed by atoms with van der Waals surface area (Å²) < 4.78 is 2.23. The lowest BCUT2D eigenvalue weighted by Gasteiger charge is -2.22. The van der Waals surface area contributed by atoms with Crippen molar-refractivity contribution in [2.75, 3.05) is 5.32 Å². The molecule has 0 atom stereocenters. The van der Waals surface area contributed by atoms with E-state index in [0.717, 1.165) is 4.47 Å². The van der Waals surface area contributed by atoms with Gasteiger partial charge < -0.3 is 10.6 Å². The molecule has 0 aliphatic rings. The van der Waals surface area contributed by atoms with Crippen LogP contribution < -0.4 is 10.6 Å². The molecule has 42 heavy (non-hydrogen) atoms. The van der Waals surface area contributed by atoms with Gasteiger partial charge in [0.2, 0.25) is 0 Å². The predicted octanol–water partition coefficient (Wildman–Crippen LogP) is 5.44. The van der Waals surface area contributed by atoms with Crippen molar-refractivity contribution in [3.05, 3.63) is 92.3 Å². The Labute approximate surface area is 254 Å². The zero-order chi connectivity index (χ0) is 30.2. The lowest BCUT2D eigenvalue weighted by atomic mass is 10.0. The molecular formula is C29H25BrClN9O2. The second-order valence-corrected chi connectivity index (χ2v) is 11.9. The second-order valence-electron chi connectivity index (χ2n) is 10.6. The van der Waals surface area contributed by atoms with Crippen LogP contribution in [0.1, 0.15) is 58.4 Å². The molecule has 5 rings (SSSR count). The highest BCUT2D eigenvalue weighted by Crippen LogP contribution is 2.26. The van der Waals surface area contributed by atoms with Crippen LogP contribution in [0.25, 0.3) is 16.9 Å². The molecule has 0 unspecified atom stereocenters. The molecule has 3 heterocycles. The Morgan fingerprint density at radius 3 is 2.52 bits per heavy atom. The largest absolute Gasteiger partial charge is 0.347 e. The SMILES string of the molecule is Cc1cc(C#N)cc(C(=O)NC(C)(C)C)c1NC(=O)c1cc(Cn2nc3ccc(Br)cc3n2)nn1-c1ncccc1Cl. The molecule has 5 aromatic rings. The van der Waals surface area contributed by atoms with Gasteiger partial charge in [-0.2, -0.15) is 25.4 Å². The molecule has 11 nitrogen and oxygen atoms in total. The number of carbonyl (C=O) groups is 2. The number of halogens is 2. The average molecular weight is 647 g/mol. The monoisotopic (exact) mass is 645 g/mol. The van der Waals surface area contributed by atoms with Gasteiger partial charge in [0.25, 0.3) is 11.8 Å². The first-order valence-corrected chi connectivity index (χ1v) is 14.0. The Morgan fingerprint density at radius 1 is 1.05 bits per heavy atom. The van der Waals surface area contributed by atoms with Crippen LogP contribution in [0.4, 0.5) is 5.69 Å². The summed E-state index contributed by atoms with van der Waals surface area (Å²) in [7, 11) is 0. The maximum absolute atomic E-state index is 13.8. The Kier molecular flexibility index (Phi) is 7.81. The molecule has 2 amide bonds. The van der Waals surface area contributed by atoms with Crippen LogP contribution in [0.5, 0.6) is 0 Å². The number of nitrogens with zero attached hydrogens (tertiary/aromatic N) is 7. The smallest absolute Gasteiger partial charge is 0.274 e. The van der Waals surface area contributed by atoms with Crippen LogP contribution >= 0.6 is 27.5 Å². The van der Waals surface area contributed by atoms with Gasteiger partial charge in [0.15, 0.2) is 5.82 Å². The first-order valence-electron chi connectivity index (χ1n) is 12.8. The summed E-state index contributed by atoms with van der Waals surface area (Å²) in [6, 6.07) is 15.6. The normalized spacial score (nSPS) is 11.4. The summed E-state index contributed by atoms with van der Waals surface area (Å²) >= 11 is 9.89. The van der Waals surface area contributed by atoms with Crippen molar-refractivity contribution < 1.29 is 9.59 Å². The number of anilines is 1. The minimum Gasteiger partial charge on any atom is -0.347 e. The van der Waals surface area contributed by atoms with Crippen LogP contribution in [-0.4, -0.2) is 47.1 Å². The summed E-state index contributed by atoms with van der Waals surface area (Å²) in [6.07, 6.45) is 1.55. The highest BCUT2D eigenvalue weighted by molar-refractivity contribution is 9.10. The van der Waals surface area contributed by atoms with Gasteiger partial charge in [0, 0.05) is 16.2 Å². The lowest BCUT2D eigenvalue weighted by molar-refractivity contribution is 0.0920. The van der Waals surface area contributed by atoms with Gasteiger partial charge in [-0.05, 0) is 81.8 Å². The number of pyridine rings is 1. The third-order valence-corrected chi connectivity index (χ3v) is 6.84. The molecular weight excluding hydrogens is 622 g/mol. The molecule has 0 saturated carbocycles. The van der Waals surface area contributed by atoms with Crippen molar-refractivity contribution in [3.8, 4) is 11.9 Å². The predicted molar refractivity (Wildman–Crippen MR) is 162 cm³/mol. The number of nitrogens with one attached hydrogen (secondary N) is 2. The van der Waals surface area contributed by atoms with Gasteiger partial charge in [-0.3, -0.25) is 9.59 Å². The first kappa shape index (κ1) is 28.9. The maximum Gasteiger partial charge on any atom is 0.274 e. The van der Waals surface area contributed by atoms with Gasteiger partial charge in [-0.15, -0.1) is 0 Å². The van der Waals surface area contributed by atoms with Crippen molar-refractivity contribution in [1.29, 1.82) is 5.26 Å². The number of nitriles is 1. The lowest BCUT2D eigenvalue weighted by Crippen LogP contribution is -2.41. The standard InChI is InChI=1S/C29H25BrClN9O2/c1-16-10-17(14-32)11-20(27(41)35-29(2,3)4)25(16)34-28(42)24-13-19(36-40(24)26-21(31)6-5-9-33-26)15-39-37-22-8-7-18(30)12-23(22)38-39/h5-13H,15H2,1-4H3,(H,34,42)(H,35,41). The van der Waals surface area contributed by atoms with E-state index >= 15 is 0 Å². The van der Waals surface area contributed by atoms with Crippen LogP contribution in [0.3, 0.4) is 0 Å². The van der Waals surface area contributed by atoms with Crippen molar-refractivity contribution in [3.63, 3.8) is 0 Å². The number of fused-ring (bicyclic) bond motifs is 1. The fraction of sp³-hybridized carbons (Fsp3) is 0.207.